The summed E-state index contributed by atoms with van der Waals surface area (Å²) in [5, 5.41) is 0. The normalized spacial score (nSPS) is 15.7. The van der Waals surface area contributed by atoms with E-state index < -0.39 is 0 Å². The molecule has 2 rings (SSSR count). The standard InChI is InChI=1S/C11H11BrO/c1-7-5-8-3-2-4-11(13)9(8)6-10(7)12/h5-6H,2-4H2,1H3. The first-order valence-corrected chi connectivity index (χ1v) is 5.30. The van der Waals surface area contributed by atoms with Gasteiger partial charge in [0.05, 0.1) is 0 Å². The SMILES string of the molecule is Cc1cc2c(cc1Br)C(=O)CCC2. The summed E-state index contributed by atoms with van der Waals surface area (Å²) < 4.78 is 1.04. The number of benzene rings is 1. The monoisotopic (exact) mass is 238 g/mol. The van der Waals surface area contributed by atoms with Gasteiger partial charge < -0.3 is 0 Å². The predicted octanol–water partition coefficient (Wildman–Crippen LogP) is 3.28. The molecule has 0 atom stereocenters. The van der Waals surface area contributed by atoms with Crippen LogP contribution in [0.1, 0.15) is 34.3 Å². The molecule has 1 aliphatic rings. The molecule has 0 saturated carbocycles. The van der Waals surface area contributed by atoms with Gasteiger partial charge in [0, 0.05) is 16.5 Å². The van der Waals surface area contributed by atoms with Crippen LogP contribution in [0, 0.1) is 6.92 Å². The van der Waals surface area contributed by atoms with Gasteiger partial charge >= 0.3 is 0 Å². The van der Waals surface area contributed by atoms with Crippen LogP contribution in [0.4, 0.5) is 0 Å². The number of Topliss-reactive ketones (excluding diaryl/α,β-unsaturated/α-hetero) is 1. The van der Waals surface area contributed by atoms with E-state index in [1.165, 1.54) is 11.1 Å². The van der Waals surface area contributed by atoms with Crippen molar-refractivity contribution in [1.29, 1.82) is 0 Å². The van der Waals surface area contributed by atoms with Crippen LogP contribution in [0.25, 0.3) is 0 Å². The first kappa shape index (κ1) is 8.95. The summed E-state index contributed by atoms with van der Waals surface area (Å²) in [6.07, 6.45) is 2.77. The second-order valence-electron chi connectivity index (χ2n) is 3.54. The molecule has 0 N–H and O–H groups in total. The minimum absolute atomic E-state index is 0.293. The van der Waals surface area contributed by atoms with Crippen molar-refractivity contribution in [2.75, 3.05) is 0 Å². The Balaban J connectivity index is 2.58. The van der Waals surface area contributed by atoms with E-state index in [-0.39, 0.29) is 0 Å². The molecule has 0 amide bonds. The van der Waals surface area contributed by atoms with E-state index in [0.29, 0.717) is 12.2 Å². The van der Waals surface area contributed by atoms with E-state index in [4.69, 9.17) is 0 Å². The summed E-state index contributed by atoms with van der Waals surface area (Å²) in [4.78, 5) is 11.5. The van der Waals surface area contributed by atoms with Crippen LogP contribution in [-0.2, 0) is 6.42 Å². The smallest absolute Gasteiger partial charge is 0.163 e. The fourth-order valence-electron chi connectivity index (χ4n) is 1.78. The summed E-state index contributed by atoms with van der Waals surface area (Å²) in [6.45, 7) is 2.06. The zero-order valence-corrected chi connectivity index (χ0v) is 9.15. The number of carbonyl (C=O) groups excluding carboxylic acids is 1. The van der Waals surface area contributed by atoms with Crippen molar-refractivity contribution in [2.45, 2.75) is 26.2 Å². The van der Waals surface area contributed by atoms with E-state index in [2.05, 4.69) is 28.9 Å². The lowest BCUT2D eigenvalue weighted by Gasteiger charge is -2.15. The van der Waals surface area contributed by atoms with Crippen molar-refractivity contribution in [2.24, 2.45) is 0 Å². The van der Waals surface area contributed by atoms with E-state index in [1.54, 1.807) is 0 Å². The molecular formula is C11H11BrO. The number of halogens is 1. The summed E-state index contributed by atoms with van der Waals surface area (Å²) in [5.74, 6) is 0.293. The van der Waals surface area contributed by atoms with Crippen LogP contribution in [-0.4, -0.2) is 5.78 Å². The Kier molecular flexibility index (Phi) is 2.24. The van der Waals surface area contributed by atoms with Gasteiger partial charge in [0.2, 0.25) is 0 Å². The van der Waals surface area contributed by atoms with Crippen LogP contribution in [0.3, 0.4) is 0 Å². The van der Waals surface area contributed by atoms with Gasteiger partial charge in [-0.15, -0.1) is 0 Å². The fraction of sp³-hybridized carbons (Fsp3) is 0.364. The lowest BCUT2D eigenvalue weighted by molar-refractivity contribution is 0.0972. The van der Waals surface area contributed by atoms with E-state index in [9.17, 15) is 4.79 Å². The zero-order chi connectivity index (χ0) is 9.42. The quantitative estimate of drug-likeness (QED) is 0.679. The molecular weight excluding hydrogens is 228 g/mol. The Morgan fingerprint density at radius 3 is 2.85 bits per heavy atom. The third-order valence-corrected chi connectivity index (χ3v) is 3.39. The molecule has 0 fully saturated rings. The molecule has 0 saturated heterocycles. The number of hydrogen-bond acceptors (Lipinski definition) is 1. The van der Waals surface area contributed by atoms with E-state index in [1.807, 2.05) is 6.07 Å². The van der Waals surface area contributed by atoms with Crippen molar-refractivity contribution in [3.05, 3.63) is 33.3 Å². The third-order valence-electron chi connectivity index (χ3n) is 2.53. The fourth-order valence-corrected chi connectivity index (χ4v) is 2.13. The van der Waals surface area contributed by atoms with Crippen molar-refractivity contribution in [3.63, 3.8) is 0 Å². The molecule has 0 unspecified atom stereocenters. The molecule has 1 nitrogen and oxygen atoms in total. The zero-order valence-electron chi connectivity index (χ0n) is 7.56. The van der Waals surface area contributed by atoms with E-state index in [0.717, 1.165) is 22.9 Å². The average Bonchev–Trinajstić information content (AvgIpc) is 2.09. The first-order valence-electron chi connectivity index (χ1n) is 4.50. The van der Waals surface area contributed by atoms with Gasteiger partial charge in [-0.3, -0.25) is 4.79 Å². The second kappa shape index (κ2) is 3.26. The Bertz CT molecular complexity index is 369. The molecule has 13 heavy (non-hydrogen) atoms. The largest absolute Gasteiger partial charge is 0.294 e. The number of carbonyl (C=O) groups is 1. The molecule has 0 spiro atoms. The summed E-state index contributed by atoms with van der Waals surface area (Å²) in [7, 11) is 0. The molecule has 1 aliphatic carbocycles. The number of fused-ring (bicyclic) bond motifs is 1. The maximum atomic E-state index is 11.5. The highest BCUT2D eigenvalue weighted by molar-refractivity contribution is 9.10. The molecule has 0 bridgehead atoms. The molecule has 1 aromatic rings. The topological polar surface area (TPSA) is 17.1 Å². The lowest BCUT2D eigenvalue weighted by Crippen LogP contribution is -2.10. The van der Waals surface area contributed by atoms with Crippen LogP contribution in [0.5, 0.6) is 0 Å². The highest BCUT2D eigenvalue weighted by Crippen LogP contribution is 2.27. The highest BCUT2D eigenvalue weighted by Gasteiger charge is 2.17. The van der Waals surface area contributed by atoms with Crippen LogP contribution in [0.15, 0.2) is 16.6 Å². The van der Waals surface area contributed by atoms with Gasteiger partial charge in [-0.05, 0) is 37.0 Å². The number of rotatable bonds is 0. The van der Waals surface area contributed by atoms with E-state index >= 15 is 0 Å². The van der Waals surface area contributed by atoms with Gasteiger partial charge in [-0.1, -0.05) is 22.0 Å². The number of ketones is 1. The van der Waals surface area contributed by atoms with Crippen LogP contribution >= 0.6 is 15.9 Å². The number of aryl methyl sites for hydroxylation is 2. The van der Waals surface area contributed by atoms with Crippen LogP contribution in [0.2, 0.25) is 0 Å². The Morgan fingerprint density at radius 2 is 2.08 bits per heavy atom. The van der Waals surface area contributed by atoms with Crippen molar-refractivity contribution < 1.29 is 4.79 Å². The molecule has 1 aromatic carbocycles. The second-order valence-corrected chi connectivity index (χ2v) is 4.39. The van der Waals surface area contributed by atoms with Gasteiger partial charge in [-0.25, -0.2) is 0 Å². The van der Waals surface area contributed by atoms with Crippen molar-refractivity contribution >= 4 is 21.7 Å². The predicted molar refractivity (Wildman–Crippen MR) is 56.1 cm³/mol. The van der Waals surface area contributed by atoms with Gasteiger partial charge in [-0.2, -0.15) is 0 Å². The molecule has 0 heterocycles. The Morgan fingerprint density at radius 1 is 1.31 bits per heavy atom. The van der Waals surface area contributed by atoms with Gasteiger partial charge in [0.25, 0.3) is 0 Å². The molecule has 2 heteroatoms. The van der Waals surface area contributed by atoms with Crippen molar-refractivity contribution in [3.8, 4) is 0 Å². The summed E-state index contributed by atoms with van der Waals surface area (Å²) >= 11 is 3.45. The summed E-state index contributed by atoms with van der Waals surface area (Å²) in [5.41, 5.74) is 3.36. The van der Waals surface area contributed by atoms with Gasteiger partial charge in [0.1, 0.15) is 0 Å². The molecule has 0 aliphatic heterocycles. The Hall–Kier alpha value is -0.630. The molecule has 0 radical (unpaired) electrons. The highest BCUT2D eigenvalue weighted by atomic mass is 79.9. The number of hydrogen-bond donors (Lipinski definition) is 0. The third kappa shape index (κ3) is 1.55. The minimum atomic E-state index is 0.293. The van der Waals surface area contributed by atoms with Crippen LogP contribution < -0.4 is 0 Å². The lowest BCUT2D eigenvalue weighted by atomic mass is 9.90. The maximum Gasteiger partial charge on any atom is 0.163 e. The minimum Gasteiger partial charge on any atom is -0.294 e. The van der Waals surface area contributed by atoms with Gasteiger partial charge in [0.15, 0.2) is 5.78 Å². The summed E-state index contributed by atoms with van der Waals surface area (Å²) in [6, 6.07) is 4.09. The van der Waals surface area contributed by atoms with Crippen molar-refractivity contribution in [1.82, 2.24) is 0 Å². The molecule has 0 aromatic heterocycles. The first-order chi connectivity index (χ1) is 6.18. The average molecular weight is 239 g/mol. The maximum absolute atomic E-state index is 11.5. The molecule has 68 valence electrons. The Labute approximate surface area is 86.3 Å².